The SMILES string of the molecule is O=C(O)c1ccc(N2CN(CCc3ccc(Cl)cc3)CC([N+](=O)[O-])=N2)cc1. The van der Waals surface area contributed by atoms with Crippen molar-refractivity contribution in [2.45, 2.75) is 6.42 Å². The zero-order valence-corrected chi connectivity index (χ0v) is 15.0. The molecule has 0 saturated heterocycles. The van der Waals surface area contributed by atoms with Gasteiger partial charge in [-0.2, -0.15) is 5.01 Å². The molecule has 0 amide bonds. The number of halogens is 1. The number of rotatable bonds is 5. The summed E-state index contributed by atoms with van der Waals surface area (Å²) in [7, 11) is 0. The molecule has 0 fully saturated rings. The van der Waals surface area contributed by atoms with Crippen molar-refractivity contribution in [2.75, 3.05) is 24.8 Å². The van der Waals surface area contributed by atoms with Crippen LogP contribution in [0.25, 0.3) is 0 Å². The Morgan fingerprint density at radius 1 is 1.19 bits per heavy atom. The molecule has 8 nitrogen and oxygen atoms in total. The molecular formula is C18H17ClN4O4. The van der Waals surface area contributed by atoms with Crippen molar-refractivity contribution < 1.29 is 14.8 Å². The molecule has 1 heterocycles. The van der Waals surface area contributed by atoms with Crippen molar-refractivity contribution in [3.05, 3.63) is 74.8 Å². The highest BCUT2D eigenvalue weighted by Gasteiger charge is 2.29. The largest absolute Gasteiger partial charge is 0.478 e. The van der Waals surface area contributed by atoms with Crippen LogP contribution in [0.4, 0.5) is 5.69 Å². The lowest BCUT2D eigenvalue weighted by Crippen LogP contribution is -2.46. The molecule has 1 aliphatic rings. The van der Waals surface area contributed by atoms with E-state index in [-0.39, 0.29) is 17.9 Å². The van der Waals surface area contributed by atoms with Crippen LogP contribution in [0, 0.1) is 10.1 Å². The van der Waals surface area contributed by atoms with Gasteiger partial charge < -0.3 is 15.2 Å². The van der Waals surface area contributed by atoms with E-state index in [0.717, 1.165) is 5.56 Å². The van der Waals surface area contributed by atoms with E-state index >= 15 is 0 Å². The molecule has 1 aliphatic heterocycles. The standard InChI is InChI=1S/C18H17ClN4O4/c19-15-5-1-13(2-6-15)9-10-21-11-17(23(26)27)20-22(12-21)16-7-3-14(4-8-16)18(24)25/h1-8H,9-12H2,(H,24,25). The highest BCUT2D eigenvalue weighted by molar-refractivity contribution is 6.30. The Kier molecular flexibility index (Phi) is 5.68. The number of carbonyl (C=O) groups is 1. The number of benzene rings is 2. The van der Waals surface area contributed by atoms with E-state index in [1.54, 1.807) is 12.1 Å². The van der Waals surface area contributed by atoms with Crippen molar-refractivity contribution in [3.8, 4) is 0 Å². The fourth-order valence-electron chi connectivity index (χ4n) is 2.74. The van der Waals surface area contributed by atoms with Gasteiger partial charge in [0.25, 0.3) is 0 Å². The van der Waals surface area contributed by atoms with Crippen molar-refractivity contribution in [1.29, 1.82) is 0 Å². The second-order valence-corrected chi connectivity index (χ2v) is 6.53. The van der Waals surface area contributed by atoms with Crippen LogP contribution in [-0.2, 0) is 6.42 Å². The topological polar surface area (TPSA) is 99.3 Å². The molecule has 0 aromatic heterocycles. The summed E-state index contributed by atoms with van der Waals surface area (Å²) < 4.78 is 0. The average Bonchev–Trinajstić information content (AvgIpc) is 2.67. The Labute approximate surface area is 160 Å². The van der Waals surface area contributed by atoms with Crippen molar-refractivity contribution in [3.63, 3.8) is 0 Å². The smallest absolute Gasteiger partial charge is 0.378 e. The molecule has 0 aliphatic carbocycles. The summed E-state index contributed by atoms with van der Waals surface area (Å²) in [5, 5.41) is 26.5. The minimum atomic E-state index is -1.03. The van der Waals surface area contributed by atoms with Crippen LogP contribution in [0.15, 0.2) is 53.6 Å². The number of hydrazone groups is 1. The summed E-state index contributed by atoms with van der Waals surface area (Å²) in [5.41, 5.74) is 1.83. The average molecular weight is 389 g/mol. The van der Waals surface area contributed by atoms with Gasteiger partial charge >= 0.3 is 11.8 Å². The number of carboxylic acids is 1. The summed E-state index contributed by atoms with van der Waals surface area (Å²) in [4.78, 5) is 23.7. The van der Waals surface area contributed by atoms with Gasteiger partial charge in [-0.3, -0.25) is 4.90 Å². The zero-order chi connectivity index (χ0) is 19.4. The number of nitro groups is 1. The normalized spacial score (nSPS) is 14.7. The Bertz CT molecular complexity index is 868. The lowest BCUT2D eigenvalue weighted by atomic mass is 10.1. The van der Waals surface area contributed by atoms with Crippen LogP contribution >= 0.6 is 11.6 Å². The lowest BCUT2D eigenvalue weighted by molar-refractivity contribution is -0.354. The molecule has 0 spiro atoms. The lowest BCUT2D eigenvalue weighted by Gasteiger charge is -2.28. The molecule has 1 N–H and O–H groups in total. The fourth-order valence-corrected chi connectivity index (χ4v) is 2.87. The first-order chi connectivity index (χ1) is 12.9. The third-order valence-electron chi connectivity index (χ3n) is 4.19. The maximum Gasteiger partial charge on any atom is 0.378 e. The van der Waals surface area contributed by atoms with Gasteiger partial charge in [0.05, 0.1) is 16.4 Å². The van der Waals surface area contributed by atoms with Gasteiger partial charge in [0, 0.05) is 11.6 Å². The van der Waals surface area contributed by atoms with Crippen LogP contribution < -0.4 is 5.01 Å². The molecule has 0 bridgehead atoms. The first-order valence-electron chi connectivity index (χ1n) is 8.22. The van der Waals surface area contributed by atoms with E-state index in [2.05, 4.69) is 5.10 Å². The second kappa shape index (κ2) is 8.15. The van der Waals surface area contributed by atoms with Crippen LogP contribution in [-0.4, -0.2) is 46.5 Å². The van der Waals surface area contributed by atoms with E-state index in [1.165, 1.54) is 17.1 Å². The number of carboxylic acid groups (broad SMARTS) is 1. The molecule has 0 radical (unpaired) electrons. The Morgan fingerprint density at radius 2 is 1.85 bits per heavy atom. The minimum absolute atomic E-state index is 0.143. The second-order valence-electron chi connectivity index (χ2n) is 6.10. The number of amidine groups is 1. The molecule has 2 aromatic carbocycles. The molecule has 2 aromatic rings. The van der Waals surface area contributed by atoms with Gasteiger partial charge in [-0.25, -0.2) is 4.79 Å². The Morgan fingerprint density at radius 3 is 2.44 bits per heavy atom. The molecule has 0 unspecified atom stereocenters. The summed E-state index contributed by atoms with van der Waals surface area (Å²) >= 11 is 5.89. The number of hydrogen-bond donors (Lipinski definition) is 1. The fraction of sp³-hybridized carbons (Fsp3) is 0.222. The van der Waals surface area contributed by atoms with Crippen molar-refractivity contribution in [1.82, 2.24) is 4.90 Å². The molecule has 27 heavy (non-hydrogen) atoms. The number of anilines is 1. The van der Waals surface area contributed by atoms with Crippen LogP contribution in [0.3, 0.4) is 0 Å². The maximum absolute atomic E-state index is 11.3. The molecule has 0 saturated carbocycles. The van der Waals surface area contributed by atoms with Crippen LogP contribution in [0.2, 0.25) is 5.02 Å². The zero-order valence-electron chi connectivity index (χ0n) is 14.3. The molecule has 9 heteroatoms. The summed E-state index contributed by atoms with van der Waals surface area (Å²) in [6.07, 6.45) is 0.716. The first-order valence-corrected chi connectivity index (χ1v) is 8.60. The van der Waals surface area contributed by atoms with Gasteiger partial charge in [0.2, 0.25) is 0 Å². The van der Waals surface area contributed by atoms with Crippen molar-refractivity contribution in [2.24, 2.45) is 5.10 Å². The third kappa shape index (κ3) is 4.81. The molecular weight excluding hydrogens is 372 g/mol. The minimum Gasteiger partial charge on any atom is -0.478 e. The van der Waals surface area contributed by atoms with E-state index in [1.807, 2.05) is 29.2 Å². The monoisotopic (exact) mass is 388 g/mol. The van der Waals surface area contributed by atoms with Gasteiger partial charge in [-0.05, 0) is 53.3 Å². The van der Waals surface area contributed by atoms with Crippen LogP contribution in [0.5, 0.6) is 0 Å². The Hall–Kier alpha value is -2.97. The number of hydrogen-bond acceptors (Lipinski definition) is 6. The quantitative estimate of drug-likeness (QED) is 0.624. The predicted octanol–water partition coefficient (Wildman–Crippen LogP) is 2.95. The highest BCUT2D eigenvalue weighted by Crippen LogP contribution is 2.19. The predicted molar refractivity (Wildman–Crippen MR) is 102 cm³/mol. The summed E-state index contributed by atoms with van der Waals surface area (Å²) in [6.45, 7) is 1.12. The molecule has 0 atom stereocenters. The van der Waals surface area contributed by atoms with E-state index in [4.69, 9.17) is 16.7 Å². The Balaban J connectivity index is 1.73. The van der Waals surface area contributed by atoms with Crippen LogP contribution in [0.1, 0.15) is 15.9 Å². The van der Waals surface area contributed by atoms with E-state index in [0.29, 0.717) is 30.3 Å². The van der Waals surface area contributed by atoms with Gasteiger partial charge in [-0.15, -0.1) is 0 Å². The molecule has 140 valence electrons. The van der Waals surface area contributed by atoms with E-state index < -0.39 is 10.9 Å². The molecule has 3 rings (SSSR count). The van der Waals surface area contributed by atoms with Gasteiger partial charge in [0.1, 0.15) is 13.2 Å². The van der Waals surface area contributed by atoms with Crippen molar-refractivity contribution >= 4 is 29.1 Å². The van der Waals surface area contributed by atoms with Gasteiger partial charge in [0.15, 0.2) is 0 Å². The summed E-state index contributed by atoms with van der Waals surface area (Å²) in [5.74, 6) is -1.18. The third-order valence-corrected chi connectivity index (χ3v) is 4.44. The first kappa shape index (κ1) is 18.8. The summed E-state index contributed by atoms with van der Waals surface area (Å²) in [6, 6.07) is 13.6. The highest BCUT2D eigenvalue weighted by atomic mass is 35.5. The number of aromatic carboxylic acids is 1. The van der Waals surface area contributed by atoms with Gasteiger partial charge in [-0.1, -0.05) is 23.7 Å². The number of nitrogens with zero attached hydrogens (tertiary/aromatic N) is 4. The van der Waals surface area contributed by atoms with E-state index in [9.17, 15) is 14.9 Å². The maximum atomic E-state index is 11.3.